The van der Waals surface area contributed by atoms with E-state index in [4.69, 9.17) is 0 Å². The molecule has 1 fully saturated rings. The lowest BCUT2D eigenvalue weighted by Gasteiger charge is -2.37. The Hall–Kier alpha value is -1.09. The average Bonchev–Trinajstić information content (AvgIpc) is 2.03. The van der Waals surface area contributed by atoms with Crippen LogP contribution in [0.5, 0.6) is 0 Å². The zero-order valence-corrected chi connectivity index (χ0v) is 7.20. The monoisotopic (exact) mass is 163 g/mol. The molecule has 1 aliphatic heterocycles. The van der Waals surface area contributed by atoms with Crippen LogP contribution in [0, 0.1) is 0 Å². The minimum atomic E-state index is 0.660. The summed E-state index contributed by atoms with van der Waals surface area (Å²) in [5, 5.41) is 3.25. The number of nitrogens with zero attached hydrogens (tertiary/aromatic N) is 2. The third-order valence-electron chi connectivity index (χ3n) is 2.38. The van der Waals surface area contributed by atoms with Gasteiger partial charge < -0.3 is 10.2 Å². The maximum atomic E-state index is 3.99. The van der Waals surface area contributed by atoms with Crippen molar-refractivity contribution in [1.82, 2.24) is 10.3 Å². The first-order valence-corrected chi connectivity index (χ1v) is 4.21. The third-order valence-corrected chi connectivity index (χ3v) is 2.38. The molecule has 1 aliphatic rings. The molecule has 2 rings (SSSR count). The Morgan fingerprint density at radius 2 is 2.08 bits per heavy atom. The SMILES string of the molecule is CN(c1ccncc1)C1CNC1. The van der Waals surface area contributed by atoms with E-state index >= 15 is 0 Å². The molecule has 3 heteroatoms. The fourth-order valence-electron chi connectivity index (χ4n) is 1.34. The summed E-state index contributed by atoms with van der Waals surface area (Å²) < 4.78 is 0. The van der Waals surface area contributed by atoms with Gasteiger partial charge in [-0.3, -0.25) is 4.98 Å². The van der Waals surface area contributed by atoms with Crippen LogP contribution in [0.3, 0.4) is 0 Å². The van der Waals surface area contributed by atoms with Gasteiger partial charge in [-0.05, 0) is 12.1 Å². The van der Waals surface area contributed by atoms with Gasteiger partial charge in [0.15, 0.2) is 0 Å². The van der Waals surface area contributed by atoms with Gasteiger partial charge in [-0.15, -0.1) is 0 Å². The number of pyridine rings is 1. The molecular weight excluding hydrogens is 150 g/mol. The summed E-state index contributed by atoms with van der Waals surface area (Å²) in [7, 11) is 2.13. The molecule has 1 N–H and O–H groups in total. The molecule has 0 unspecified atom stereocenters. The van der Waals surface area contributed by atoms with Crippen LogP contribution < -0.4 is 10.2 Å². The zero-order valence-electron chi connectivity index (χ0n) is 7.20. The first-order chi connectivity index (χ1) is 5.88. The maximum Gasteiger partial charge on any atom is 0.0535 e. The Balaban J connectivity index is 2.08. The van der Waals surface area contributed by atoms with E-state index in [1.54, 1.807) is 0 Å². The Kier molecular flexibility index (Phi) is 1.96. The molecule has 1 saturated heterocycles. The smallest absolute Gasteiger partial charge is 0.0535 e. The van der Waals surface area contributed by atoms with Crippen molar-refractivity contribution in [3.05, 3.63) is 24.5 Å². The normalized spacial score (nSPS) is 17.1. The fourth-order valence-corrected chi connectivity index (χ4v) is 1.34. The van der Waals surface area contributed by atoms with Crippen LogP contribution in [0.15, 0.2) is 24.5 Å². The van der Waals surface area contributed by atoms with Crippen LogP contribution in [0.4, 0.5) is 5.69 Å². The molecule has 0 saturated carbocycles. The number of hydrogen-bond donors (Lipinski definition) is 1. The summed E-state index contributed by atoms with van der Waals surface area (Å²) in [6.45, 7) is 2.19. The number of aromatic nitrogens is 1. The zero-order chi connectivity index (χ0) is 8.39. The average molecular weight is 163 g/mol. The van der Waals surface area contributed by atoms with Crippen LogP contribution >= 0.6 is 0 Å². The second-order valence-corrected chi connectivity index (χ2v) is 3.13. The van der Waals surface area contributed by atoms with Crippen LogP contribution in [0.2, 0.25) is 0 Å². The van der Waals surface area contributed by atoms with Crippen molar-refractivity contribution in [3.8, 4) is 0 Å². The van der Waals surface area contributed by atoms with Crippen LogP contribution in [-0.4, -0.2) is 31.2 Å². The van der Waals surface area contributed by atoms with Crippen LogP contribution in [0.25, 0.3) is 0 Å². The number of anilines is 1. The molecule has 2 heterocycles. The van der Waals surface area contributed by atoms with Gasteiger partial charge in [-0.25, -0.2) is 0 Å². The number of rotatable bonds is 2. The number of nitrogens with one attached hydrogen (secondary N) is 1. The molecular formula is C9H13N3. The summed E-state index contributed by atoms with van der Waals surface area (Å²) in [6, 6.07) is 4.74. The lowest BCUT2D eigenvalue weighted by Crippen LogP contribution is -2.56. The molecule has 3 nitrogen and oxygen atoms in total. The van der Waals surface area contributed by atoms with Crippen molar-refractivity contribution >= 4 is 5.69 Å². The van der Waals surface area contributed by atoms with E-state index in [-0.39, 0.29) is 0 Å². The van der Waals surface area contributed by atoms with Gasteiger partial charge in [-0.2, -0.15) is 0 Å². The molecule has 0 bridgehead atoms. The Morgan fingerprint density at radius 3 is 2.58 bits per heavy atom. The topological polar surface area (TPSA) is 28.2 Å². The molecule has 0 aliphatic carbocycles. The summed E-state index contributed by atoms with van der Waals surface area (Å²) in [5.74, 6) is 0. The molecule has 64 valence electrons. The molecule has 1 aromatic rings. The maximum absolute atomic E-state index is 3.99. The van der Waals surface area contributed by atoms with Gasteiger partial charge in [-0.1, -0.05) is 0 Å². The van der Waals surface area contributed by atoms with Crippen molar-refractivity contribution in [1.29, 1.82) is 0 Å². The summed E-state index contributed by atoms with van der Waals surface area (Å²) >= 11 is 0. The van der Waals surface area contributed by atoms with Gasteiger partial charge in [0.05, 0.1) is 6.04 Å². The van der Waals surface area contributed by atoms with E-state index in [0.29, 0.717) is 6.04 Å². The Morgan fingerprint density at radius 1 is 1.42 bits per heavy atom. The molecule has 0 amide bonds. The van der Waals surface area contributed by atoms with E-state index < -0.39 is 0 Å². The lowest BCUT2D eigenvalue weighted by atomic mass is 10.1. The molecule has 0 atom stereocenters. The van der Waals surface area contributed by atoms with Gasteiger partial charge in [0, 0.05) is 38.2 Å². The standard InChI is InChI=1S/C9H13N3/c1-12(9-6-11-7-9)8-2-4-10-5-3-8/h2-5,9,11H,6-7H2,1H3. The van der Waals surface area contributed by atoms with E-state index in [0.717, 1.165) is 13.1 Å². The first kappa shape index (κ1) is 7.55. The summed E-state index contributed by atoms with van der Waals surface area (Å²) in [6.07, 6.45) is 3.66. The summed E-state index contributed by atoms with van der Waals surface area (Å²) in [4.78, 5) is 6.28. The Labute approximate surface area is 72.4 Å². The van der Waals surface area contributed by atoms with Crippen molar-refractivity contribution in [2.24, 2.45) is 0 Å². The van der Waals surface area contributed by atoms with E-state index in [1.807, 2.05) is 24.5 Å². The van der Waals surface area contributed by atoms with Gasteiger partial charge >= 0.3 is 0 Å². The van der Waals surface area contributed by atoms with Gasteiger partial charge in [0.2, 0.25) is 0 Å². The minimum absolute atomic E-state index is 0.660. The van der Waals surface area contributed by atoms with E-state index in [2.05, 4.69) is 22.2 Å². The van der Waals surface area contributed by atoms with Crippen LogP contribution in [-0.2, 0) is 0 Å². The summed E-state index contributed by atoms with van der Waals surface area (Å²) in [5.41, 5.74) is 1.25. The second kappa shape index (κ2) is 3.11. The quantitative estimate of drug-likeness (QED) is 0.687. The lowest BCUT2D eigenvalue weighted by molar-refractivity contribution is 0.428. The number of hydrogen-bond acceptors (Lipinski definition) is 3. The van der Waals surface area contributed by atoms with Gasteiger partial charge in [0.1, 0.15) is 0 Å². The fraction of sp³-hybridized carbons (Fsp3) is 0.444. The molecule has 1 aromatic heterocycles. The molecule has 0 aromatic carbocycles. The van der Waals surface area contributed by atoms with E-state index in [1.165, 1.54) is 5.69 Å². The highest BCUT2D eigenvalue weighted by atomic mass is 15.2. The molecule has 12 heavy (non-hydrogen) atoms. The highest BCUT2D eigenvalue weighted by molar-refractivity contribution is 5.45. The van der Waals surface area contributed by atoms with Crippen molar-refractivity contribution in [2.45, 2.75) is 6.04 Å². The number of likely N-dealkylation sites (N-methyl/N-ethyl adjacent to an activating group) is 1. The predicted octanol–water partition coefficient (Wildman–Crippen LogP) is 0.490. The van der Waals surface area contributed by atoms with Crippen molar-refractivity contribution in [2.75, 3.05) is 25.0 Å². The Bertz CT molecular complexity index is 243. The minimum Gasteiger partial charge on any atom is -0.369 e. The molecule has 0 radical (unpaired) electrons. The van der Waals surface area contributed by atoms with Crippen molar-refractivity contribution < 1.29 is 0 Å². The van der Waals surface area contributed by atoms with Crippen LogP contribution in [0.1, 0.15) is 0 Å². The highest BCUT2D eigenvalue weighted by Gasteiger charge is 2.21. The molecule has 0 spiro atoms. The van der Waals surface area contributed by atoms with E-state index in [9.17, 15) is 0 Å². The van der Waals surface area contributed by atoms with Gasteiger partial charge in [0.25, 0.3) is 0 Å². The third kappa shape index (κ3) is 1.28. The first-order valence-electron chi connectivity index (χ1n) is 4.21. The highest BCUT2D eigenvalue weighted by Crippen LogP contribution is 2.14. The largest absolute Gasteiger partial charge is 0.369 e. The second-order valence-electron chi connectivity index (χ2n) is 3.13. The van der Waals surface area contributed by atoms with Crippen molar-refractivity contribution in [3.63, 3.8) is 0 Å². The predicted molar refractivity (Wildman–Crippen MR) is 49.3 cm³/mol.